The molecule has 0 spiro atoms. The van der Waals surface area contributed by atoms with Crippen molar-refractivity contribution in [1.82, 2.24) is 24.7 Å². The molecule has 0 aromatic carbocycles. The lowest BCUT2D eigenvalue weighted by Gasteiger charge is -2.32. The molecule has 2 saturated carbocycles. The second-order valence-corrected chi connectivity index (χ2v) is 10.7. The first-order valence-corrected chi connectivity index (χ1v) is 13.4. The maximum atomic E-state index is 9.09. The SMILES string of the molecule is CC1CCCCC1.Cc1cc(CN(C)c2nc3nc(/C(N)=N/O)nc(NC(C)C4CCC4)c3n2C)on1. The van der Waals surface area contributed by atoms with Crippen molar-refractivity contribution in [3.05, 3.63) is 23.3 Å². The highest BCUT2D eigenvalue weighted by Crippen LogP contribution is 2.33. The molecule has 1 atom stereocenters. The number of anilines is 2. The molecule has 3 aromatic heterocycles. The van der Waals surface area contributed by atoms with Crippen LogP contribution in [0.25, 0.3) is 11.2 Å². The number of fused-ring (bicyclic) bond motifs is 1. The first-order chi connectivity index (χ1) is 17.8. The van der Waals surface area contributed by atoms with Gasteiger partial charge in [0.25, 0.3) is 0 Å². The summed E-state index contributed by atoms with van der Waals surface area (Å²) < 4.78 is 7.26. The van der Waals surface area contributed by atoms with Crippen LogP contribution in [0.5, 0.6) is 0 Å². The Labute approximate surface area is 218 Å². The summed E-state index contributed by atoms with van der Waals surface area (Å²) in [5.74, 6) is 3.65. The van der Waals surface area contributed by atoms with Crippen LogP contribution < -0.4 is 16.0 Å². The average molecular weight is 512 g/mol. The van der Waals surface area contributed by atoms with Crippen molar-refractivity contribution in [1.29, 1.82) is 0 Å². The van der Waals surface area contributed by atoms with E-state index in [0.717, 1.165) is 22.9 Å². The van der Waals surface area contributed by atoms with Gasteiger partial charge in [0, 0.05) is 26.2 Å². The zero-order valence-corrected chi connectivity index (χ0v) is 22.7. The van der Waals surface area contributed by atoms with Crippen molar-refractivity contribution in [3.63, 3.8) is 0 Å². The van der Waals surface area contributed by atoms with Crippen LogP contribution in [0.4, 0.5) is 11.8 Å². The average Bonchev–Trinajstić information content (AvgIpc) is 3.40. The highest BCUT2D eigenvalue weighted by molar-refractivity contribution is 5.97. The van der Waals surface area contributed by atoms with Gasteiger partial charge in [-0.2, -0.15) is 4.98 Å². The van der Waals surface area contributed by atoms with E-state index in [0.29, 0.717) is 29.9 Å². The Kier molecular flexibility index (Phi) is 8.50. The third kappa shape index (κ3) is 6.31. The minimum Gasteiger partial charge on any atom is -0.409 e. The van der Waals surface area contributed by atoms with Gasteiger partial charge in [0.05, 0.1) is 12.2 Å². The number of nitrogens with zero attached hydrogens (tertiary/aromatic N) is 7. The Morgan fingerprint density at radius 3 is 2.49 bits per heavy atom. The van der Waals surface area contributed by atoms with Gasteiger partial charge in [-0.05, 0) is 38.5 Å². The number of rotatable bonds is 7. The summed E-state index contributed by atoms with van der Waals surface area (Å²) in [6.07, 6.45) is 11.1. The molecular weight excluding hydrogens is 470 g/mol. The summed E-state index contributed by atoms with van der Waals surface area (Å²) in [6.45, 7) is 6.89. The van der Waals surface area contributed by atoms with E-state index in [1.54, 1.807) is 0 Å². The molecular formula is C26H41N9O2. The molecule has 0 bridgehead atoms. The standard InChI is InChI=1S/C19H27N9O2.C7H14/c1-10-8-13(30-26-10)9-27(3)19-24-17-14(28(19)4)16(21-11(2)12-6-5-7-12)22-18(23-17)15(20)25-29;1-7-5-3-2-4-6-7/h8,11-12,29H,5-7,9H2,1-4H3,(H2,20,25)(H,21,22,23);7H,2-6H2,1H3. The van der Waals surface area contributed by atoms with Gasteiger partial charge >= 0.3 is 0 Å². The van der Waals surface area contributed by atoms with E-state index in [-0.39, 0.29) is 17.7 Å². The Bertz CT molecular complexity index is 1210. The molecule has 11 heteroatoms. The molecule has 3 heterocycles. The number of hydrogen-bond donors (Lipinski definition) is 3. The third-order valence-corrected chi connectivity index (χ3v) is 7.57. The second-order valence-electron chi connectivity index (χ2n) is 10.7. The predicted octanol–water partition coefficient (Wildman–Crippen LogP) is 4.58. The largest absolute Gasteiger partial charge is 0.409 e. The van der Waals surface area contributed by atoms with Crippen molar-refractivity contribution in [3.8, 4) is 0 Å². The highest BCUT2D eigenvalue weighted by Gasteiger charge is 2.27. The van der Waals surface area contributed by atoms with Crippen molar-refractivity contribution < 1.29 is 9.73 Å². The van der Waals surface area contributed by atoms with E-state index in [2.05, 4.69) is 44.4 Å². The number of oxime groups is 1. The van der Waals surface area contributed by atoms with Gasteiger partial charge in [-0.25, -0.2) is 9.97 Å². The smallest absolute Gasteiger partial charge is 0.208 e. The van der Waals surface area contributed by atoms with Crippen LogP contribution in [0.15, 0.2) is 15.7 Å². The number of aryl methyl sites for hydroxylation is 2. The number of aromatic nitrogens is 5. The minimum atomic E-state index is -0.158. The lowest BCUT2D eigenvalue weighted by atomic mass is 9.80. The van der Waals surface area contributed by atoms with Crippen LogP contribution >= 0.6 is 0 Å². The number of nitrogens with two attached hydrogens (primary N) is 1. The quantitative estimate of drug-likeness (QED) is 0.180. The molecule has 202 valence electrons. The maximum Gasteiger partial charge on any atom is 0.208 e. The summed E-state index contributed by atoms with van der Waals surface area (Å²) >= 11 is 0. The molecule has 37 heavy (non-hydrogen) atoms. The van der Waals surface area contributed by atoms with Crippen LogP contribution in [0.2, 0.25) is 0 Å². The van der Waals surface area contributed by atoms with Crippen LogP contribution in [0.3, 0.4) is 0 Å². The molecule has 5 rings (SSSR count). The summed E-state index contributed by atoms with van der Waals surface area (Å²) in [5.41, 5.74) is 7.82. The number of nitrogens with one attached hydrogen (secondary N) is 1. The molecule has 0 radical (unpaired) electrons. The summed E-state index contributed by atoms with van der Waals surface area (Å²) in [4.78, 5) is 15.6. The van der Waals surface area contributed by atoms with Gasteiger partial charge in [0.2, 0.25) is 17.6 Å². The number of amidine groups is 1. The van der Waals surface area contributed by atoms with Gasteiger partial charge in [0.1, 0.15) is 5.52 Å². The fraction of sp³-hybridized carbons (Fsp3) is 0.654. The monoisotopic (exact) mass is 511 g/mol. The zero-order chi connectivity index (χ0) is 26.5. The van der Waals surface area contributed by atoms with E-state index >= 15 is 0 Å². The minimum absolute atomic E-state index is 0.131. The Balaban J connectivity index is 0.000000396. The Hall–Kier alpha value is -3.37. The highest BCUT2D eigenvalue weighted by atomic mass is 16.5. The first-order valence-electron chi connectivity index (χ1n) is 13.4. The Morgan fingerprint density at radius 2 is 1.95 bits per heavy atom. The number of hydrogen-bond acceptors (Lipinski definition) is 9. The van der Waals surface area contributed by atoms with E-state index in [4.69, 9.17) is 15.5 Å². The lowest BCUT2D eigenvalue weighted by Crippen LogP contribution is -2.31. The van der Waals surface area contributed by atoms with Crippen LogP contribution in [-0.2, 0) is 13.6 Å². The van der Waals surface area contributed by atoms with Crippen molar-refractivity contribution in [2.75, 3.05) is 17.3 Å². The van der Waals surface area contributed by atoms with Crippen molar-refractivity contribution >= 4 is 28.8 Å². The van der Waals surface area contributed by atoms with Crippen molar-refractivity contribution in [2.45, 2.75) is 84.7 Å². The molecule has 3 aromatic rings. The molecule has 0 saturated heterocycles. The van der Waals surface area contributed by atoms with Gasteiger partial charge < -0.3 is 30.2 Å². The summed E-state index contributed by atoms with van der Waals surface area (Å²) in [7, 11) is 3.83. The third-order valence-electron chi connectivity index (χ3n) is 7.57. The first kappa shape index (κ1) is 26.7. The van der Waals surface area contributed by atoms with E-state index in [9.17, 15) is 0 Å². The van der Waals surface area contributed by atoms with Crippen molar-refractivity contribution in [2.24, 2.45) is 29.8 Å². The van der Waals surface area contributed by atoms with Gasteiger partial charge in [-0.1, -0.05) is 55.8 Å². The molecule has 4 N–H and O–H groups in total. The molecule has 2 aliphatic carbocycles. The summed E-state index contributed by atoms with van der Waals surface area (Å²) in [6, 6.07) is 2.13. The molecule has 2 fully saturated rings. The maximum absolute atomic E-state index is 9.09. The number of imidazole rings is 1. The van der Waals surface area contributed by atoms with E-state index in [1.807, 2.05) is 36.6 Å². The molecule has 0 aliphatic heterocycles. The van der Waals surface area contributed by atoms with E-state index < -0.39 is 0 Å². The van der Waals surface area contributed by atoms with Crippen LogP contribution in [-0.4, -0.2) is 48.8 Å². The van der Waals surface area contributed by atoms with Gasteiger partial charge in [-0.3, -0.25) is 0 Å². The van der Waals surface area contributed by atoms with E-state index in [1.165, 1.54) is 51.4 Å². The Morgan fingerprint density at radius 1 is 1.22 bits per heavy atom. The topological polar surface area (TPSA) is 144 Å². The molecule has 0 amide bonds. The van der Waals surface area contributed by atoms with Crippen LogP contribution in [0.1, 0.15) is 82.5 Å². The zero-order valence-electron chi connectivity index (χ0n) is 22.7. The predicted molar refractivity (Wildman–Crippen MR) is 145 cm³/mol. The van der Waals surface area contributed by atoms with Gasteiger partial charge in [0.15, 0.2) is 17.2 Å². The lowest BCUT2D eigenvalue weighted by molar-refractivity contribution is 0.285. The van der Waals surface area contributed by atoms with Crippen LogP contribution in [0, 0.1) is 18.8 Å². The van der Waals surface area contributed by atoms with Gasteiger partial charge in [-0.15, -0.1) is 0 Å². The fourth-order valence-corrected chi connectivity index (χ4v) is 5.08. The fourth-order valence-electron chi connectivity index (χ4n) is 5.08. The molecule has 11 nitrogen and oxygen atoms in total. The molecule has 1 unspecified atom stereocenters. The summed E-state index contributed by atoms with van der Waals surface area (Å²) in [5, 5.41) is 19.6. The normalized spacial score (nSPS) is 17.7. The molecule has 2 aliphatic rings. The second kappa shape index (κ2) is 11.8.